The molecule has 0 saturated carbocycles. The molecule has 3 nitrogen and oxygen atoms in total. The molecule has 0 spiro atoms. The summed E-state index contributed by atoms with van der Waals surface area (Å²) in [7, 11) is 0. The van der Waals surface area contributed by atoms with Gasteiger partial charge in [-0.3, -0.25) is 0 Å². The van der Waals surface area contributed by atoms with Gasteiger partial charge in [0.25, 0.3) is 0 Å². The van der Waals surface area contributed by atoms with Crippen LogP contribution >= 0.6 is 15.9 Å². The number of hydrogen-bond donors (Lipinski definition) is 2. The molecule has 0 aliphatic carbocycles. The summed E-state index contributed by atoms with van der Waals surface area (Å²) in [4.78, 5) is 4.25. The molecule has 0 atom stereocenters. The van der Waals surface area contributed by atoms with Gasteiger partial charge in [-0.25, -0.2) is 4.98 Å². The Kier molecular flexibility index (Phi) is 4.90. The molecular weight excluding hydrogens is 242 g/mol. The summed E-state index contributed by atoms with van der Waals surface area (Å²) in [6.07, 6.45) is 1.82. The van der Waals surface area contributed by atoms with E-state index in [9.17, 15) is 0 Å². The predicted octanol–water partition coefficient (Wildman–Crippen LogP) is 2.17. The first kappa shape index (κ1) is 11.5. The van der Waals surface area contributed by atoms with Crippen molar-refractivity contribution in [3.05, 3.63) is 22.3 Å². The molecule has 0 saturated heterocycles. The molecule has 0 fully saturated rings. The van der Waals surface area contributed by atoms with E-state index in [1.54, 1.807) is 0 Å². The van der Waals surface area contributed by atoms with Crippen molar-refractivity contribution in [2.45, 2.75) is 13.8 Å². The zero-order valence-electron chi connectivity index (χ0n) is 8.60. The van der Waals surface area contributed by atoms with Crippen LogP contribution in [0.15, 0.2) is 16.7 Å². The number of likely N-dealkylation sites (N-methyl/N-ethyl adjacent to an activating group) is 1. The summed E-state index contributed by atoms with van der Waals surface area (Å²) in [6.45, 7) is 7.03. The molecule has 0 unspecified atom stereocenters. The first-order chi connectivity index (χ1) is 6.74. The first-order valence-corrected chi connectivity index (χ1v) is 5.60. The second-order valence-corrected chi connectivity index (χ2v) is 3.95. The molecule has 1 heterocycles. The van der Waals surface area contributed by atoms with Crippen LogP contribution in [0.2, 0.25) is 0 Å². The van der Waals surface area contributed by atoms with Crippen molar-refractivity contribution in [1.82, 2.24) is 10.3 Å². The summed E-state index contributed by atoms with van der Waals surface area (Å²) >= 11 is 3.42. The van der Waals surface area contributed by atoms with Gasteiger partial charge in [-0.2, -0.15) is 0 Å². The zero-order chi connectivity index (χ0) is 10.4. The molecule has 0 aliphatic heterocycles. The number of anilines is 1. The lowest BCUT2D eigenvalue weighted by Crippen LogP contribution is -2.21. The van der Waals surface area contributed by atoms with Crippen LogP contribution in [0.3, 0.4) is 0 Å². The quantitative estimate of drug-likeness (QED) is 0.795. The Labute approximate surface area is 93.4 Å². The van der Waals surface area contributed by atoms with Gasteiger partial charge in [0.1, 0.15) is 5.82 Å². The number of halogens is 1. The number of hydrogen-bond acceptors (Lipinski definition) is 3. The molecule has 78 valence electrons. The van der Waals surface area contributed by atoms with Crippen LogP contribution in [-0.2, 0) is 0 Å². The van der Waals surface area contributed by atoms with Gasteiger partial charge in [-0.1, -0.05) is 6.92 Å². The molecule has 1 rings (SSSR count). The summed E-state index contributed by atoms with van der Waals surface area (Å²) < 4.78 is 1.05. The third-order valence-corrected chi connectivity index (χ3v) is 2.73. The van der Waals surface area contributed by atoms with Gasteiger partial charge in [0.05, 0.1) is 0 Å². The molecule has 0 aliphatic rings. The second kappa shape index (κ2) is 5.98. The Morgan fingerprint density at radius 1 is 1.43 bits per heavy atom. The SMILES string of the molecule is CCNCCNc1cc(C)c(Br)cn1. The summed E-state index contributed by atoms with van der Waals surface area (Å²) in [6, 6.07) is 2.04. The molecule has 14 heavy (non-hydrogen) atoms. The Morgan fingerprint density at radius 2 is 2.21 bits per heavy atom. The van der Waals surface area contributed by atoms with Crippen LogP contribution < -0.4 is 10.6 Å². The summed E-state index contributed by atoms with van der Waals surface area (Å²) in [5.41, 5.74) is 1.20. The van der Waals surface area contributed by atoms with Gasteiger partial charge in [0, 0.05) is 23.8 Å². The Morgan fingerprint density at radius 3 is 2.86 bits per heavy atom. The van der Waals surface area contributed by atoms with E-state index in [4.69, 9.17) is 0 Å². The fourth-order valence-electron chi connectivity index (χ4n) is 1.09. The third kappa shape index (κ3) is 3.64. The minimum atomic E-state index is 0.905. The third-order valence-electron chi connectivity index (χ3n) is 1.90. The van der Waals surface area contributed by atoms with Crippen molar-refractivity contribution in [1.29, 1.82) is 0 Å². The average molecular weight is 258 g/mol. The maximum Gasteiger partial charge on any atom is 0.126 e. The molecule has 0 radical (unpaired) electrons. The molecule has 2 N–H and O–H groups in total. The molecule has 0 aromatic carbocycles. The van der Waals surface area contributed by atoms with E-state index in [2.05, 4.69) is 45.4 Å². The first-order valence-electron chi connectivity index (χ1n) is 4.80. The molecule has 1 aromatic heterocycles. The van der Waals surface area contributed by atoms with Gasteiger partial charge in [-0.05, 0) is 41.0 Å². The lowest BCUT2D eigenvalue weighted by Gasteiger charge is -2.07. The number of aromatic nitrogens is 1. The number of pyridine rings is 1. The summed E-state index contributed by atoms with van der Waals surface area (Å²) in [5.74, 6) is 0.934. The summed E-state index contributed by atoms with van der Waals surface area (Å²) in [5, 5.41) is 6.50. The fourth-order valence-corrected chi connectivity index (χ4v) is 1.31. The minimum Gasteiger partial charge on any atom is -0.369 e. The van der Waals surface area contributed by atoms with Gasteiger partial charge >= 0.3 is 0 Å². The number of rotatable bonds is 5. The molecule has 0 amide bonds. The van der Waals surface area contributed by atoms with E-state index in [1.165, 1.54) is 5.56 Å². The standard InChI is InChI=1S/C10H16BrN3/c1-3-12-4-5-13-10-6-8(2)9(11)7-14-10/h6-7,12H,3-5H2,1-2H3,(H,13,14). The van der Waals surface area contributed by atoms with Crippen LogP contribution in [0, 0.1) is 6.92 Å². The Balaban J connectivity index is 2.39. The van der Waals surface area contributed by atoms with E-state index in [0.29, 0.717) is 0 Å². The largest absolute Gasteiger partial charge is 0.369 e. The highest BCUT2D eigenvalue weighted by molar-refractivity contribution is 9.10. The van der Waals surface area contributed by atoms with Crippen LogP contribution in [0.1, 0.15) is 12.5 Å². The van der Waals surface area contributed by atoms with E-state index >= 15 is 0 Å². The lowest BCUT2D eigenvalue weighted by atomic mass is 10.3. The number of nitrogens with zero attached hydrogens (tertiary/aromatic N) is 1. The molecule has 1 aromatic rings. The van der Waals surface area contributed by atoms with E-state index in [0.717, 1.165) is 29.9 Å². The van der Waals surface area contributed by atoms with Gasteiger partial charge < -0.3 is 10.6 Å². The molecular formula is C10H16BrN3. The second-order valence-electron chi connectivity index (χ2n) is 3.10. The highest BCUT2D eigenvalue weighted by atomic mass is 79.9. The molecule has 4 heteroatoms. The van der Waals surface area contributed by atoms with E-state index < -0.39 is 0 Å². The topological polar surface area (TPSA) is 37.0 Å². The van der Waals surface area contributed by atoms with Crippen molar-refractivity contribution < 1.29 is 0 Å². The minimum absolute atomic E-state index is 0.905. The van der Waals surface area contributed by atoms with Crippen molar-refractivity contribution in [2.24, 2.45) is 0 Å². The van der Waals surface area contributed by atoms with Gasteiger partial charge in [0.15, 0.2) is 0 Å². The monoisotopic (exact) mass is 257 g/mol. The lowest BCUT2D eigenvalue weighted by molar-refractivity contribution is 0.738. The predicted molar refractivity (Wildman–Crippen MR) is 63.7 cm³/mol. The molecule has 0 bridgehead atoms. The van der Waals surface area contributed by atoms with Crippen LogP contribution in [0.25, 0.3) is 0 Å². The van der Waals surface area contributed by atoms with E-state index in [-0.39, 0.29) is 0 Å². The van der Waals surface area contributed by atoms with Crippen LogP contribution in [0.5, 0.6) is 0 Å². The Bertz CT molecular complexity index is 289. The van der Waals surface area contributed by atoms with Crippen molar-refractivity contribution in [2.75, 3.05) is 25.0 Å². The van der Waals surface area contributed by atoms with Gasteiger partial charge in [0.2, 0.25) is 0 Å². The van der Waals surface area contributed by atoms with Crippen LogP contribution in [0.4, 0.5) is 5.82 Å². The Hall–Kier alpha value is -0.610. The number of aryl methyl sites for hydroxylation is 1. The van der Waals surface area contributed by atoms with Crippen molar-refractivity contribution >= 4 is 21.7 Å². The van der Waals surface area contributed by atoms with Gasteiger partial charge in [-0.15, -0.1) is 0 Å². The maximum absolute atomic E-state index is 4.25. The zero-order valence-corrected chi connectivity index (χ0v) is 10.2. The number of nitrogens with one attached hydrogen (secondary N) is 2. The van der Waals surface area contributed by atoms with Crippen LogP contribution in [-0.4, -0.2) is 24.6 Å². The van der Waals surface area contributed by atoms with E-state index in [1.807, 2.05) is 12.3 Å². The normalized spacial score (nSPS) is 10.2. The average Bonchev–Trinajstić information content (AvgIpc) is 2.18. The smallest absolute Gasteiger partial charge is 0.126 e. The highest BCUT2D eigenvalue weighted by Gasteiger charge is 1.97. The van der Waals surface area contributed by atoms with Crippen molar-refractivity contribution in [3.63, 3.8) is 0 Å². The highest BCUT2D eigenvalue weighted by Crippen LogP contribution is 2.16. The maximum atomic E-state index is 4.25. The van der Waals surface area contributed by atoms with Crippen molar-refractivity contribution in [3.8, 4) is 0 Å². The fraction of sp³-hybridized carbons (Fsp3) is 0.500.